The number of ether oxygens (including phenoxy) is 3. The fourth-order valence-electron chi connectivity index (χ4n) is 8.66. The van der Waals surface area contributed by atoms with Crippen molar-refractivity contribution in [1.29, 1.82) is 0 Å². The minimum Gasteiger partial charge on any atom is -0.481 e. The van der Waals surface area contributed by atoms with Gasteiger partial charge in [-0.25, -0.2) is 19.4 Å². The summed E-state index contributed by atoms with van der Waals surface area (Å²) >= 11 is 9.53. The van der Waals surface area contributed by atoms with Gasteiger partial charge in [0.15, 0.2) is 0 Å². The van der Waals surface area contributed by atoms with Crippen molar-refractivity contribution in [2.75, 3.05) is 32.3 Å². The number of carboxylic acids is 4. The van der Waals surface area contributed by atoms with Crippen LogP contribution < -0.4 is 0 Å². The Kier molecular flexibility index (Phi) is 58.7. The summed E-state index contributed by atoms with van der Waals surface area (Å²) in [6, 6.07) is -0.398. The Morgan fingerprint density at radius 1 is 0.640 bits per heavy atom. The number of Topliss-reactive ketones (excluding diaryl/α,β-unsaturated/α-hetero) is 1. The first-order valence-electron chi connectivity index (χ1n) is 27.8. The number of hydrogen-bond donors (Lipinski definition) is 5. The maximum atomic E-state index is 12.6. The summed E-state index contributed by atoms with van der Waals surface area (Å²) in [6.07, 6.45) is 7.20. The number of nitrogens with zero attached hydrogens (tertiary/aromatic N) is 4. The summed E-state index contributed by atoms with van der Waals surface area (Å²) in [7, 11) is 1.30. The topological polar surface area (TPSA) is 342 Å². The van der Waals surface area contributed by atoms with Crippen LogP contribution in [0.1, 0.15) is 187 Å². The number of rotatable bonds is 10. The van der Waals surface area contributed by atoms with Crippen molar-refractivity contribution in [1.82, 2.24) is 9.80 Å². The Morgan fingerprint density at radius 2 is 0.944 bits per heavy atom. The molecular weight excluding hydrogens is 1290 g/mol. The molecule has 5 rings (SSSR count). The number of halogens is 2. The molecule has 4 unspecified atom stereocenters. The van der Waals surface area contributed by atoms with E-state index in [1.807, 2.05) is 69.2 Å². The molecule has 3 aliphatic carbocycles. The molecule has 521 valence electrons. The SMILES string of the molecule is C.C.C=C(C)C.CC(=O)C=[N+]=[N-].CC(=O)O.CC(=O)O.CC(=O)O.CC(=O)O.CC(C)=CC(=O)N1C(=O)OC[C@@H]1C(C)C.CC(C)=C[C@H]1[C@@H](CO)C1(C)C.CCC1C(C=C(C)C)C1(C)C.COC(=O)C1C(C(=O)N2C(=O)OC[C@@H]2C(C)C)C1(C)C.ClCCl.[Rh]. The van der Waals surface area contributed by atoms with Crippen LogP contribution in [0, 0.1) is 63.6 Å². The number of amides is 4. The molecule has 0 aromatic carbocycles. The van der Waals surface area contributed by atoms with E-state index in [0.29, 0.717) is 35.9 Å². The van der Waals surface area contributed by atoms with E-state index in [9.17, 15) is 28.8 Å². The van der Waals surface area contributed by atoms with Crippen molar-refractivity contribution in [3.8, 4) is 0 Å². The van der Waals surface area contributed by atoms with Crippen molar-refractivity contribution in [2.45, 2.75) is 200 Å². The number of carboxylic acid groups (broad SMARTS) is 4. The summed E-state index contributed by atoms with van der Waals surface area (Å²) in [5.74, 6) is -2.36. The molecule has 0 bridgehead atoms. The monoisotopic (exact) mass is 1400 g/mol. The van der Waals surface area contributed by atoms with Gasteiger partial charge in [0.1, 0.15) is 13.2 Å². The fraction of sp³-hybridized carbons (Fsp3) is 0.703. The number of carbonyl (C=O) groups is 10. The number of aliphatic hydroxyl groups excluding tert-OH is 1. The summed E-state index contributed by atoms with van der Waals surface area (Å²) in [5, 5.41) is 38.9. The number of alkyl halides is 2. The standard InChI is InChI=1S/C14H21NO5.C11H17NO3.C11H20.C10H18O.C4H8.C3H4N2O.4C2H4O2.CH2Cl2.2CH4.Rh/c1-7(2)8-6-20-13(18)15(8)11(16)9-10(12(17)19-5)14(9,3)4;1-7(2)5-10(13)12-9(8(3)4)6-15-11(12)14;1-6-9-10(7-8(2)3)11(9,4)5;1-7(2)5-8-9(6-11)10(8,3)4;1-4(2)3;1-3(6)2-5-4;4*1-2(3)4;2-1-3;;;/h7-10H,6H2,1-5H3;5,8-9H,6H2,1-4H3;7,9-10H,6H2,1-5H3;5,8-9,11H,6H2,1-4H3;1H2,2-3H3;2H,1H3;4*1H3,(H,3,4);1H2;2*1H4;/t8-,9?,10?;9-;;8-,9+;;;;;;;;;;/m11.0........../s1. The maximum Gasteiger partial charge on any atom is 0.417 e. The molecule has 25 heteroatoms. The van der Waals surface area contributed by atoms with E-state index in [1.54, 1.807) is 0 Å². The molecule has 2 saturated heterocycles. The van der Waals surface area contributed by atoms with Gasteiger partial charge in [0, 0.05) is 66.8 Å². The number of esters is 1. The molecule has 4 amide bonds. The van der Waals surface area contributed by atoms with Gasteiger partial charge in [-0.1, -0.05) is 132 Å². The molecule has 8 atom stereocenters. The number of imide groups is 2. The Hall–Kier alpha value is -5.60. The molecule has 5 aliphatic rings. The van der Waals surface area contributed by atoms with E-state index in [-0.39, 0.29) is 87.8 Å². The molecule has 2 aliphatic heterocycles. The predicted molar refractivity (Wildman–Crippen MR) is 348 cm³/mol. The van der Waals surface area contributed by atoms with Gasteiger partial charge in [-0.05, 0) is 107 Å². The third kappa shape index (κ3) is 46.2. The molecule has 0 spiro atoms. The molecule has 5 N–H and O–H groups in total. The molecule has 5 fully saturated rings. The third-order valence-corrected chi connectivity index (χ3v) is 13.0. The Bertz CT molecular complexity index is 2220. The summed E-state index contributed by atoms with van der Waals surface area (Å²) in [4.78, 5) is 110. The zero-order valence-electron chi connectivity index (χ0n) is 56.2. The van der Waals surface area contributed by atoms with Crippen LogP contribution in [0.4, 0.5) is 9.59 Å². The quantitative estimate of drug-likeness (QED) is 0.0156. The number of carbonyl (C=O) groups excluding carboxylic acids is 6. The number of methoxy groups -OCH3 is 1. The largest absolute Gasteiger partial charge is 0.481 e. The first-order valence-corrected chi connectivity index (χ1v) is 28.9. The van der Waals surface area contributed by atoms with Gasteiger partial charge >= 0.3 is 24.4 Å². The Balaban J connectivity index is -0.000000120. The van der Waals surface area contributed by atoms with Crippen molar-refractivity contribution >= 4 is 89.0 Å². The normalized spacial score (nSPS) is 20.7. The van der Waals surface area contributed by atoms with E-state index < -0.39 is 59.3 Å². The van der Waals surface area contributed by atoms with Crippen LogP contribution >= 0.6 is 23.2 Å². The van der Waals surface area contributed by atoms with Gasteiger partial charge in [0.25, 0.3) is 29.8 Å². The number of allylic oxidation sites excluding steroid dienone is 6. The van der Waals surface area contributed by atoms with Crippen LogP contribution in [0.25, 0.3) is 5.53 Å². The first kappa shape index (κ1) is 102. The smallest absolute Gasteiger partial charge is 0.417 e. The number of ketones is 1. The number of aliphatic carboxylic acids is 4. The molecule has 22 nitrogen and oxygen atoms in total. The zero-order valence-corrected chi connectivity index (χ0v) is 59.4. The van der Waals surface area contributed by atoms with Crippen molar-refractivity contribution < 1.29 is 112 Å². The molecule has 1 radical (unpaired) electrons. The number of hydrogen-bond acceptors (Lipinski definition) is 14. The molecule has 3 saturated carbocycles. The van der Waals surface area contributed by atoms with Gasteiger partial charge in [-0.3, -0.25) is 38.4 Å². The van der Waals surface area contributed by atoms with Crippen LogP contribution in [0.2, 0.25) is 0 Å². The van der Waals surface area contributed by atoms with Crippen LogP contribution in [0.3, 0.4) is 0 Å². The van der Waals surface area contributed by atoms with Crippen LogP contribution in [-0.4, -0.2) is 150 Å². The molecule has 89 heavy (non-hydrogen) atoms. The minimum atomic E-state index is -0.833. The molecular formula is C64H114Cl2N4O18Rh. The third-order valence-electron chi connectivity index (χ3n) is 13.0. The Morgan fingerprint density at radius 3 is 1.17 bits per heavy atom. The van der Waals surface area contributed by atoms with Gasteiger partial charge in [0.05, 0.1) is 36.4 Å². The van der Waals surface area contributed by atoms with Crippen LogP contribution in [0.5, 0.6) is 0 Å². The van der Waals surface area contributed by atoms with Crippen LogP contribution in [0.15, 0.2) is 47.1 Å². The number of cyclic esters (lactones) is 2. The van der Waals surface area contributed by atoms with Crippen molar-refractivity contribution in [3.63, 3.8) is 0 Å². The predicted octanol–water partition coefficient (Wildman–Crippen LogP) is 13.8. The van der Waals surface area contributed by atoms with E-state index in [0.717, 1.165) is 51.3 Å². The van der Waals surface area contributed by atoms with Gasteiger partial charge in [-0.2, -0.15) is 4.79 Å². The Labute approximate surface area is 556 Å². The minimum absolute atomic E-state index is 0. The summed E-state index contributed by atoms with van der Waals surface area (Å²) in [6.45, 7) is 49.2. The van der Waals surface area contributed by atoms with E-state index >= 15 is 0 Å². The summed E-state index contributed by atoms with van der Waals surface area (Å²) in [5.41, 5.74) is 12.9. The van der Waals surface area contributed by atoms with E-state index in [2.05, 4.69) is 85.8 Å². The van der Waals surface area contributed by atoms with Crippen molar-refractivity contribution in [2.24, 2.45) is 63.6 Å². The van der Waals surface area contributed by atoms with E-state index in [4.69, 9.17) is 87.7 Å². The average Bonchev–Trinajstić information content (AvgIpc) is 4.04. The first-order chi connectivity index (χ1) is 39.0. The van der Waals surface area contributed by atoms with Gasteiger partial charge < -0.3 is 45.3 Å². The van der Waals surface area contributed by atoms with Gasteiger partial charge in [0.2, 0.25) is 11.7 Å². The fourth-order valence-corrected chi connectivity index (χ4v) is 8.66. The molecule has 0 aromatic rings. The second kappa shape index (κ2) is 51.1. The van der Waals surface area contributed by atoms with Crippen molar-refractivity contribution in [3.05, 3.63) is 52.6 Å². The summed E-state index contributed by atoms with van der Waals surface area (Å²) < 4.78 is 14.6. The maximum absolute atomic E-state index is 12.6. The molecule has 2 heterocycles. The van der Waals surface area contributed by atoms with E-state index in [1.165, 1.54) is 53.0 Å². The zero-order chi connectivity index (χ0) is 69.7. The average molecular weight is 1400 g/mol. The van der Waals surface area contributed by atoms with Gasteiger partial charge in [-0.15, -0.1) is 29.8 Å². The number of aliphatic hydroxyl groups is 1. The second-order valence-corrected chi connectivity index (χ2v) is 24.7. The van der Waals surface area contributed by atoms with Crippen LogP contribution in [-0.2, 0) is 72.0 Å². The molecule has 0 aromatic heterocycles. The second-order valence-electron chi connectivity index (χ2n) is 23.9.